The molecule has 2 aromatic carbocycles. The summed E-state index contributed by atoms with van der Waals surface area (Å²) in [4.78, 5) is 16.9. The lowest BCUT2D eigenvalue weighted by molar-refractivity contribution is 0.0745. The number of piperazine rings is 1. The van der Waals surface area contributed by atoms with Crippen LogP contribution in [-0.4, -0.2) is 42.1 Å². The third kappa shape index (κ3) is 3.70. The third-order valence-corrected chi connectivity index (χ3v) is 5.35. The van der Waals surface area contributed by atoms with E-state index >= 15 is 0 Å². The molecule has 0 spiro atoms. The number of benzene rings is 2. The van der Waals surface area contributed by atoms with E-state index in [1.54, 1.807) is 30.0 Å². The molecule has 1 aliphatic rings. The fraction of sp³-hybridized carbons (Fsp3) is 0.238. The topological polar surface area (TPSA) is 49.6 Å². The Balaban J connectivity index is 1.56. The second-order valence-corrected chi connectivity index (χ2v) is 7.22. The molecule has 8 heteroatoms. The predicted molar refractivity (Wildman–Crippen MR) is 106 cm³/mol. The van der Waals surface area contributed by atoms with Gasteiger partial charge in [-0.25, -0.2) is 8.78 Å². The van der Waals surface area contributed by atoms with E-state index in [1.165, 1.54) is 24.3 Å². The van der Waals surface area contributed by atoms with Crippen LogP contribution < -0.4 is 4.90 Å². The minimum absolute atomic E-state index is 0.0549. The van der Waals surface area contributed by atoms with Crippen molar-refractivity contribution in [1.29, 1.82) is 0 Å². The summed E-state index contributed by atoms with van der Waals surface area (Å²) in [7, 11) is 0. The number of carbonyl (C=O) groups is 1. The van der Waals surface area contributed by atoms with Crippen LogP contribution >= 0.6 is 11.6 Å². The average molecular weight is 418 g/mol. The van der Waals surface area contributed by atoms with Gasteiger partial charge in [0.05, 0.1) is 10.6 Å². The fourth-order valence-electron chi connectivity index (χ4n) is 3.50. The number of halogens is 3. The maximum atomic E-state index is 14.4. The molecule has 1 amide bonds. The van der Waals surface area contributed by atoms with E-state index < -0.39 is 5.82 Å². The van der Waals surface area contributed by atoms with Crippen LogP contribution in [0.2, 0.25) is 5.02 Å². The first-order valence-electron chi connectivity index (χ1n) is 9.16. The summed E-state index contributed by atoms with van der Waals surface area (Å²) < 4.78 is 32.7. The maximum Gasteiger partial charge on any atom is 0.259 e. The SMILES string of the molecule is Cc1onc(-c2c(F)cccc2Cl)c1C(=O)N1CCN(c2ccc(F)cc2)CC1. The Bertz CT molecular complexity index is 1020. The van der Waals surface area contributed by atoms with Crippen molar-refractivity contribution in [2.24, 2.45) is 0 Å². The van der Waals surface area contributed by atoms with Gasteiger partial charge < -0.3 is 14.3 Å². The number of hydrogen-bond acceptors (Lipinski definition) is 4. The summed E-state index contributed by atoms with van der Waals surface area (Å²) in [6.45, 7) is 3.73. The summed E-state index contributed by atoms with van der Waals surface area (Å²) in [6.07, 6.45) is 0. The first-order chi connectivity index (χ1) is 14.0. The number of hydrogen-bond donors (Lipinski definition) is 0. The van der Waals surface area contributed by atoms with E-state index in [4.69, 9.17) is 16.1 Å². The zero-order valence-electron chi connectivity index (χ0n) is 15.7. The van der Waals surface area contributed by atoms with Gasteiger partial charge in [-0.15, -0.1) is 0 Å². The average Bonchev–Trinajstić information content (AvgIpc) is 3.09. The second kappa shape index (κ2) is 7.83. The summed E-state index contributed by atoms with van der Waals surface area (Å²) in [5.74, 6) is -0.826. The molecule has 2 heterocycles. The highest BCUT2D eigenvalue weighted by atomic mass is 35.5. The Morgan fingerprint density at radius 1 is 1.07 bits per heavy atom. The first kappa shape index (κ1) is 19.4. The van der Waals surface area contributed by atoms with Gasteiger partial charge in [-0.2, -0.15) is 0 Å². The van der Waals surface area contributed by atoms with Crippen LogP contribution in [0, 0.1) is 18.6 Å². The number of aromatic nitrogens is 1. The Morgan fingerprint density at radius 2 is 1.76 bits per heavy atom. The molecular formula is C21H18ClF2N3O2. The highest BCUT2D eigenvalue weighted by Crippen LogP contribution is 2.34. The minimum atomic E-state index is -0.569. The van der Waals surface area contributed by atoms with Crippen LogP contribution in [0.15, 0.2) is 47.0 Å². The quantitative estimate of drug-likeness (QED) is 0.627. The first-order valence-corrected chi connectivity index (χ1v) is 9.54. The van der Waals surface area contributed by atoms with Crippen LogP contribution in [0.1, 0.15) is 16.1 Å². The Hall–Kier alpha value is -2.93. The lowest BCUT2D eigenvalue weighted by atomic mass is 10.0. The van der Waals surface area contributed by atoms with E-state index in [9.17, 15) is 13.6 Å². The van der Waals surface area contributed by atoms with Gasteiger partial charge in [0.25, 0.3) is 5.91 Å². The Labute approximate surface area is 171 Å². The Kier molecular flexibility index (Phi) is 5.24. The van der Waals surface area contributed by atoms with Crippen molar-refractivity contribution in [1.82, 2.24) is 10.1 Å². The van der Waals surface area contributed by atoms with Gasteiger partial charge in [0.2, 0.25) is 0 Å². The number of aryl methyl sites for hydroxylation is 1. The van der Waals surface area contributed by atoms with Gasteiger partial charge in [-0.3, -0.25) is 4.79 Å². The van der Waals surface area contributed by atoms with Crippen LogP contribution in [-0.2, 0) is 0 Å². The molecule has 0 radical (unpaired) electrons. The highest BCUT2D eigenvalue weighted by molar-refractivity contribution is 6.33. The minimum Gasteiger partial charge on any atom is -0.368 e. The molecule has 1 aromatic heterocycles. The van der Waals surface area contributed by atoms with Crippen molar-refractivity contribution >= 4 is 23.2 Å². The summed E-state index contributed by atoms with van der Waals surface area (Å²) in [6, 6.07) is 10.6. The molecule has 0 atom stereocenters. The van der Waals surface area contributed by atoms with Crippen LogP contribution in [0.25, 0.3) is 11.3 Å². The molecule has 1 aliphatic heterocycles. The molecule has 0 bridgehead atoms. The number of carbonyl (C=O) groups excluding carboxylic acids is 1. The number of amides is 1. The molecule has 29 heavy (non-hydrogen) atoms. The largest absolute Gasteiger partial charge is 0.368 e. The van der Waals surface area contributed by atoms with Crippen molar-refractivity contribution in [2.45, 2.75) is 6.92 Å². The maximum absolute atomic E-state index is 14.4. The predicted octanol–water partition coefficient (Wildman–Crippen LogP) is 4.54. The van der Waals surface area contributed by atoms with Gasteiger partial charge in [0.1, 0.15) is 28.7 Å². The third-order valence-electron chi connectivity index (χ3n) is 5.03. The molecule has 3 aromatic rings. The monoisotopic (exact) mass is 417 g/mol. The van der Waals surface area contributed by atoms with E-state index in [-0.39, 0.29) is 33.6 Å². The zero-order chi connectivity index (χ0) is 20.5. The van der Waals surface area contributed by atoms with Gasteiger partial charge >= 0.3 is 0 Å². The lowest BCUT2D eigenvalue weighted by Crippen LogP contribution is -2.49. The molecule has 1 fully saturated rings. The van der Waals surface area contributed by atoms with Gasteiger partial charge in [0.15, 0.2) is 0 Å². The van der Waals surface area contributed by atoms with Crippen molar-refractivity contribution in [3.8, 4) is 11.3 Å². The molecule has 4 rings (SSSR count). The van der Waals surface area contributed by atoms with E-state index in [2.05, 4.69) is 10.1 Å². The smallest absolute Gasteiger partial charge is 0.259 e. The molecule has 0 unspecified atom stereocenters. The summed E-state index contributed by atoms with van der Waals surface area (Å²) >= 11 is 6.15. The molecule has 5 nitrogen and oxygen atoms in total. The second-order valence-electron chi connectivity index (χ2n) is 6.81. The summed E-state index contributed by atoms with van der Waals surface area (Å²) in [5.41, 5.74) is 1.28. The van der Waals surface area contributed by atoms with E-state index in [0.29, 0.717) is 31.9 Å². The van der Waals surface area contributed by atoms with Crippen molar-refractivity contribution in [2.75, 3.05) is 31.1 Å². The lowest BCUT2D eigenvalue weighted by Gasteiger charge is -2.36. The number of nitrogens with zero attached hydrogens (tertiary/aromatic N) is 3. The number of rotatable bonds is 3. The molecular weight excluding hydrogens is 400 g/mol. The van der Waals surface area contributed by atoms with Crippen molar-refractivity contribution < 1.29 is 18.1 Å². The Morgan fingerprint density at radius 3 is 2.41 bits per heavy atom. The van der Waals surface area contributed by atoms with Gasteiger partial charge in [-0.1, -0.05) is 22.8 Å². The van der Waals surface area contributed by atoms with Crippen molar-refractivity contribution in [3.63, 3.8) is 0 Å². The molecule has 0 N–H and O–H groups in total. The molecule has 150 valence electrons. The molecule has 0 aliphatic carbocycles. The highest BCUT2D eigenvalue weighted by Gasteiger charge is 2.30. The molecule has 0 saturated carbocycles. The molecule has 1 saturated heterocycles. The van der Waals surface area contributed by atoms with E-state index in [1.807, 2.05) is 0 Å². The van der Waals surface area contributed by atoms with Gasteiger partial charge in [0, 0.05) is 31.9 Å². The zero-order valence-corrected chi connectivity index (χ0v) is 16.4. The standard InChI is InChI=1S/C21H18ClF2N3O2/c1-13-18(20(25-29-13)19-16(22)3-2-4-17(19)24)21(28)27-11-9-26(10-12-27)15-7-5-14(23)6-8-15/h2-8H,9-12H2,1H3. The van der Waals surface area contributed by atoms with Gasteiger partial charge in [-0.05, 0) is 43.3 Å². The van der Waals surface area contributed by atoms with Crippen LogP contribution in [0.3, 0.4) is 0 Å². The van der Waals surface area contributed by atoms with E-state index in [0.717, 1.165) is 5.69 Å². The van der Waals surface area contributed by atoms with Crippen LogP contribution in [0.5, 0.6) is 0 Å². The van der Waals surface area contributed by atoms with Crippen molar-refractivity contribution in [3.05, 3.63) is 70.4 Å². The normalized spacial score (nSPS) is 14.3. The van der Waals surface area contributed by atoms with Crippen LogP contribution in [0.4, 0.5) is 14.5 Å². The fourth-order valence-corrected chi connectivity index (χ4v) is 3.75. The number of anilines is 1. The summed E-state index contributed by atoms with van der Waals surface area (Å²) in [5, 5.41) is 4.06.